The van der Waals surface area contributed by atoms with Crippen LogP contribution >= 0.6 is 0 Å². The van der Waals surface area contributed by atoms with Gasteiger partial charge in [-0.25, -0.2) is 0 Å². The number of hydrogen-bond acceptors (Lipinski definition) is 2. The quantitative estimate of drug-likeness (QED) is 0.858. The van der Waals surface area contributed by atoms with Crippen LogP contribution in [0.5, 0.6) is 5.75 Å². The van der Waals surface area contributed by atoms with Gasteiger partial charge in [0.05, 0.1) is 0 Å². The van der Waals surface area contributed by atoms with Gasteiger partial charge in [-0.2, -0.15) is 0 Å². The van der Waals surface area contributed by atoms with Crippen molar-refractivity contribution in [2.24, 2.45) is 0 Å². The van der Waals surface area contributed by atoms with Gasteiger partial charge in [0.2, 0.25) is 0 Å². The number of hydrogen-bond donors (Lipinski definition) is 1. The fourth-order valence-electron chi connectivity index (χ4n) is 2.19. The third kappa shape index (κ3) is 5.60. The van der Waals surface area contributed by atoms with E-state index in [1.165, 1.54) is 11.1 Å². The molecule has 0 atom stereocenters. The average molecular weight is 283 g/mol. The predicted molar refractivity (Wildman–Crippen MR) is 88.7 cm³/mol. The number of ether oxygens (including phenoxy) is 1. The first-order valence-corrected chi connectivity index (χ1v) is 7.54. The average Bonchev–Trinajstić information content (AvgIpc) is 2.46. The molecule has 0 fully saturated rings. The summed E-state index contributed by atoms with van der Waals surface area (Å²) in [5, 5.41) is 3.53. The Hall–Kier alpha value is -1.80. The SMILES string of the molecule is CC(C)(C)NCCc1ccccc1COc1ccccc1. The molecule has 0 heterocycles. The summed E-state index contributed by atoms with van der Waals surface area (Å²) in [6.07, 6.45) is 1.02. The Kier molecular flexibility index (Phi) is 5.40. The zero-order valence-electron chi connectivity index (χ0n) is 13.2. The van der Waals surface area contributed by atoms with Crippen LogP contribution in [0.1, 0.15) is 31.9 Å². The van der Waals surface area contributed by atoms with E-state index >= 15 is 0 Å². The molecule has 2 aromatic carbocycles. The lowest BCUT2D eigenvalue weighted by Gasteiger charge is -2.21. The molecule has 2 rings (SSSR count). The standard InChI is InChI=1S/C19H25NO/c1-19(2,3)20-14-13-16-9-7-8-10-17(16)15-21-18-11-5-4-6-12-18/h4-12,20H,13-15H2,1-3H3. The van der Waals surface area contributed by atoms with Gasteiger partial charge in [0.25, 0.3) is 0 Å². The highest BCUT2D eigenvalue weighted by Crippen LogP contribution is 2.15. The molecule has 0 saturated heterocycles. The second-order valence-corrected chi connectivity index (χ2v) is 6.30. The van der Waals surface area contributed by atoms with E-state index in [1.807, 2.05) is 30.3 Å². The summed E-state index contributed by atoms with van der Waals surface area (Å²) < 4.78 is 5.86. The van der Waals surface area contributed by atoms with Crippen LogP contribution in [0.4, 0.5) is 0 Å². The summed E-state index contributed by atoms with van der Waals surface area (Å²) >= 11 is 0. The molecule has 0 saturated carbocycles. The minimum Gasteiger partial charge on any atom is -0.489 e. The Bertz CT molecular complexity index is 543. The molecule has 2 aromatic rings. The largest absolute Gasteiger partial charge is 0.489 e. The van der Waals surface area contributed by atoms with Crippen molar-refractivity contribution in [1.82, 2.24) is 5.32 Å². The first kappa shape index (κ1) is 15.6. The van der Waals surface area contributed by atoms with Gasteiger partial charge in [-0.15, -0.1) is 0 Å². The Morgan fingerprint density at radius 2 is 1.48 bits per heavy atom. The molecular weight excluding hydrogens is 258 g/mol. The van der Waals surface area contributed by atoms with Crippen molar-refractivity contribution in [2.75, 3.05) is 6.54 Å². The molecule has 2 nitrogen and oxygen atoms in total. The molecule has 0 spiro atoms. The van der Waals surface area contributed by atoms with Crippen molar-refractivity contribution in [3.05, 3.63) is 65.7 Å². The van der Waals surface area contributed by atoms with Gasteiger partial charge < -0.3 is 10.1 Å². The molecule has 21 heavy (non-hydrogen) atoms. The Balaban J connectivity index is 1.93. The van der Waals surface area contributed by atoms with Gasteiger partial charge in [0.15, 0.2) is 0 Å². The van der Waals surface area contributed by atoms with Crippen LogP contribution in [0.15, 0.2) is 54.6 Å². The van der Waals surface area contributed by atoms with Crippen molar-refractivity contribution < 1.29 is 4.74 Å². The van der Waals surface area contributed by atoms with Crippen LogP contribution in [0.25, 0.3) is 0 Å². The second-order valence-electron chi connectivity index (χ2n) is 6.30. The minimum absolute atomic E-state index is 0.162. The van der Waals surface area contributed by atoms with E-state index in [1.54, 1.807) is 0 Å². The van der Waals surface area contributed by atoms with Gasteiger partial charge >= 0.3 is 0 Å². The highest BCUT2D eigenvalue weighted by molar-refractivity contribution is 5.28. The topological polar surface area (TPSA) is 21.3 Å². The van der Waals surface area contributed by atoms with E-state index in [0.29, 0.717) is 6.61 Å². The smallest absolute Gasteiger partial charge is 0.119 e. The number of rotatable bonds is 6. The Labute approximate surface area is 128 Å². The maximum atomic E-state index is 5.86. The van der Waals surface area contributed by atoms with E-state index in [-0.39, 0.29) is 5.54 Å². The predicted octanol–water partition coefficient (Wildman–Crippen LogP) is 4.20. The van der Waals surface area contributed by atoms with Gasteiger partial charge in [-0.3, -0.25) is 0 Å². The maximum Gasteiger partial charge on any atom is 0.119 e. The third-order valence-corrected chi connectivity index (χ3v) is 3.31. The van der Waals surface area contributed by atoms with Crippen LogP contribution < -0.4 is 10.1 Å². The summed E-state index contributed by atoms with van der Waals surface area (Å²) in [4.78, 5) is 0. The third-order valence-electron chi connectivity index (χ3n) is 3.31. The first-order valence-electron chi connectivity index (χ1n) is 7.54. The molecule has 0 aliphatic heterocycles. The van der Waals surface area contributed by atoms with Crippen LogP contribution in [-0.4, -0.2) is 12.1 Å². The van der Waals surface area contributed by atoms with Crippen LogP contribution in [0.3, 0.4) is 0 Å². The summed E-state index contributed by atoms with van der Waals surface area (Å²) in [5.41, 5.74) is 2.78. The fourth-order valence-corrected chi connectivity index (χ4v) is 2.19. The van der Waals surface area contributed by atoms with Crippen molar-refractivity contribution in [3.63, 3.8) is 0 Å². The molecule has 0 bridgehead atoms. The lowest BCUT2D eigenvalue weighted by Crippen LogP contribution is -2.37. The number of para-hydroxylation sites is 1. The Morgan fingerprint density at radius 1 is 0.857 bits per heavy atom. The van der Waals surface area contributed by atoms with E-state index in [4.69, 9.17) is 4.74 Å². The molecule has 0 aliphatic rings. The molecule has 112 valence electrons. The highest BCUT2D eigenvalue weighted by atomic mass is 16.5. The van der Waals surface area contributed by atoms with Crippen molar-refractivity contribution in [1.29, 1.82) is 0 Å². The first-order chi connectivity index (χ1) is 10.0. The van der Waals surface area contributed by atoms with E-state index in [0.717, 1.165) is 18.7 Å². The molecular formula is C19H25NO. The van der Waals surface area contributed by atoms with Gasteiger partial charge in [0.1, 0.15) is 12.4 Å². The molecule has 1 N–H and O–H groups in total. The highest BCUT2D eigenvalue weighted by Gasteiger charge is 2.09. The lowest BCUT2D eigenvalue weighted by atomic mass is 10.0. The van der Waals surface area contributed by atoms with Crippen molar-refractivity contribution in [3.8, 4) is 5.75 Å². The molecule has 0 aromatic heterocycles. The van der Waals surface area contributed by atoms with Crippen molar-refractivity contribution >= 4 is 0 Å². The van der Waals surface area contributed by atoms with Crippen molar-refractivity contribution in [2.45, 2.75) is 39.3 Å². The summed E-state index contributed by atoms with van der Waals surface area (Å²) in [6.45, 7) is 8.17. The zero-order valence-corrected chi connectivity index (χ0v) is 13.2. The van der Waals surface area contributed by atoms with E-state index < -0.39 is 0 Å². The normalized spacial score (nSPS) is 11.4. The minimum atomic E-state index is 0.162. The summed E-state index contributed by atoms with van der Waals surface area (Å²) in [5.74, 6) is 0.917. The molecule has 0 aliphatic carbocycles. The fraction of sp³-hybridized carbons (Fsp3) is 0.368. The van der Waals surface area contributed by atoms with Crippen LogP contribution in [0.2, 0.25) is 0 Å². The summed E-state index contributed by atoms with van der Waals surface area (Å²) in [7, 11) is 0. The Morgan fingerprint density at radius 3 is 2.14 bits per heavy atom. The van der Waals surface area contributed by atoms with Crippen LogP contribution in [-0.2, 0) is 13.0 Å². The van der Waals surface area contributed by atoms with E-state index in [2.05, 4.69) is 50.4 Å². The zero-order chi connectivity index (χ0) is 15.1. The molecule has 2 heteroatoms. The van der Waals surface area contributed by atoms with Gasteiger partial charge in [0, 0.05) is 5.54 Å². The van der Waals surface area contributed by atoms with E-state index in [9.17, 15) is 0 Å². The summed E-state index contributed by atoms with van der Waals surface area (Å²) in [6, 6.07) is 18.5. The molecule has 0 amide bonds. The molecule has 0 unspecified atom stereocenters. The maximum absolute atomic E-state index is 5.86. The number of benzene rings is 2. The van der Waals surface area contributed by atoms with Gasteiger partial charge in [-0.05, 0) is 57.0 Å². The second kappa shape index (κ2) is 7.28. The molecule has 0 radical (unpaired) electrons. The van der Waals surface area contributed by atoms with Crippen LogP contribution in [0, 0.1) is 0 Å². The monoisotopic (exact) mass is 283 g/mol. The van der Waals surface area contributed by atoms with Gasteiger partial charge in [-0.1, -0.05) is 42.5 Å². The lowest BCUT2D eigenvalue weighted by molar-refractivity contribution is 0.304. The number of nitrogens with one attached hydrogen (secondary N) is 1.